The van der Waals surface area contributed by atoms with E-state index in [-0.39, 0.29) is 18.3 Å². The van der Waals surface area contributed by atoms with Crippen LogP contribution in [0.2, 0.25) is 5.02 Å². The first-order chi connectivity index (χ1) is 11.0. The second-order valence-corrected chi connectivity index (χ2v) is 5.00. The minimum Gasteiger partial charge on any atom is -0.465 e. The van der Waals surface area contributed by atoms with E-state index in [0.717, 1.165) is 0 Å². The summed E-state index contributed by atoms with van der Waals surface area (Å²) in [6, 6.07) is 9.97. The fourth-order valence-electron chi connectivity index (χ4n) is 1.82. The summed E-state index contributed by atoms with van der Waals surface area (Å²) < 4.78 is 17.4. The van der Waals surface area contributed by atoms with Gasteiger partial charge >= 0.3 is 5.97 Å². The van der Waals surface area contributed by atoms with Crippen LogP contribution in [-0.4, -0.2) is 25.5 Å². The van der Waals surface area contributed by atoms with E-state index in [9.17, 15) is 14.0 Å². The number of ether oxygens (including phenoxy) is 1. The highest BCUT2D eigenvalue weighted by Crippen LogP contribution is 2.23. The molecule has 120 valence electrons. The van der Waals surface area contributed by atoms with Crippen molar-refractivity contribution in [2.45, 2.75) is 0 Å². The lowest BCUT2D eigenvalue weighted by Gasteiger charge is -2.10. The molecule has 1 amide bonds. The molecular weight excluding hydrogens is 323 g/mol. The number of methoxy groups -OCH3 is 1. The Balaban J connectivity index is 1.98. The van der Waals surface area contributed by atoms with Crippen molar-refractivity contribution in [3.63, 3.8) is 0 Å². The van der Waals surface area contributed by atoms with Gasteiger partial charge in [-0.25, -0.2) is 9.18 Å². The van der Waals surface area contributed by atoms with Crippen LogP contribution < -0.4 is 10.6 Å². The second-order valence-electron chi connectivity index (χ2n) is 4.59. The van der Waals surface area contributed by atoms with Crippen LogP contribution in [0.15, 0.2) is 42.5 Å². The van der Waals surface area contributed by atoms with Crippen molar-refractivity contribution in [3.05, 3.63) is 58.9 Å². The Morgan fingerprint density at radius 3 is 2.52 bits per heavy atom. The molecular formula is C16H14ClFN2O3. The number of esters is 1. The van der Waals surface area contributed by atoms with Gasteiger partial charge < -0.3 is 15.4 Å². The van der Waals surface area contributed by atoms with E-state index in [0.29, 0.717) is 22.0 Å². The molecule has 2 aromatic rings. The van der Waals surface area contributed by atoms with E-state index in [2.05, 4.69) is 15.4 Å². The summed E-state index contributed by atoms with van der Waals surface area (Å²) in [7, 11) is 1.28. The summed E-state index contributed by atoms with van der Waals surface area (Å²) in [4.78, 5) is 23.3. The van der Waals surface area contributed by atoms with Gasteiger partial charge in [-0.1, -0.05) is 11.6 Å². The number of halogens is 2. The molecule has 0 bridgehead atoms. The number of carbonyl (C=O) groups is 2. The van der Waals surface area contributed by atoms with Gasteiger partial charge in [0.05, 0.1) is 29.9 Å². The predicted octanol–water partition coefficient (Wildman–Crippen LogP) is 3.32. The van der Waals surface area contributed by atoms with Gasteiger partial charge in [0.15, 0.2) is 0 Å². The number of hydrogen-bond donors (Lipinski definition) is 2. The predicted molar refractivity (Wildman–Crippen MR) is 86.3 cm³/mol. The van der Waals surface area contributed by atoms with Crippen LogP contribution in [0, 0.1) is 5.82 Å². The summed E-state index contributed by atoms with van der Waals surface area (Å²) in [6.45, 7) is -0.0677. The number of rotatable bonds is 5. The lowest BCUT2D eigenvalue weighted by molar-refractivity contribution is -0.114. The van der Waals surface area contributed by atoms with Gasteiger partial charge in [-0.3, -0.25) is 4.79 Å². The topological polar surface area (TPSA) is 67.4 Å². The first-order valence-corrected chi connectivity index (χ1v) is 7.04. The standard InChI is InChI=1S/C16H14ClFN2O3/c1-23-16(22)10-2-7-13(17)14(8-10)19-9-15(21)20-12-5-3-11(18)4-6-12/h2-8,19H,9H2,1H3,(H,20,21). The van der Waals surface area contributed by atoms with Crippen LogP contribution in [0.4, 0.5) is 15.8 Å². The number of nitrogens with one attached hydrogen (secondary N) is 2. The van der Waals surface area contributed by atoms with Crippen LogP contribution >= 0.6 is 11.6 Å². The zero-order chi connectivity index (χ0) is 16.8. The number of carbonyl (C=O) groups excluding carboxylic acids is 2. The van der Waals surface area contributed by atoms with Crippen molar-refractivity contribution in [2.24, 2.45) is 0 Å². The van der Waals surface area contributed by atoms with Gasteiger partial charge in [-0.15, -0.1) is 0 Å². The summed E-state index contributed by atoms with van der Waals surface area (Å²) in [5, 5.41) is 5.81. The summed E-state index contributed by atoms with van der Waals surface area (Å²) in [5.74, 6) is -1.22. The maximum absolute atomic E-state index is 12.8. The summed E-state index contributed by atoms with van der Waals surface area (Å²) >= 11 is 6.02. The molecule has 7 heteroatoms. The van der Waals surface area contributed by atoms with Crippen molar-refractivity contribution < 1.29 is 18.7 Å². The van der Waals surface area contributed by atoms with Crippen molar-refractivity contribution in [1.29, 1.82) is 0 Å². The van der Waals surface area contributed by atoms with Crippen molar-refractivity contribution in [1.82, 2.24) is 0 Å². The van der Waals surface area contributed by atoms with Crippen LogP contribution in [0.1, 0.15) is 10.4 Å². The maximum atomic E-state index is 12.8. The number of benzene rings is 2. The normalized spacial score (nSPS) is 10.0. The largest absolute Gasteiger partial charge is 0.465 e. The van der Waals surface area contributed by atoms with Crippen LogP contribution in [0.5, 0.6) is 0 Å². The average molecular weight is 337 g/mol. The Morgan fingerprint density at radius 2 is 1.87 bits per heavy atom. The van der Waals surface area contributed by atoms with Crippen LogP contribution in [-0.2, 0) is 9.53 Å². The minimum absolute atomic E-state index is 0.0677. The van der Waals surface area contributed by atoms with Gasteiger partial charge in [-0.2, -0.15) is 0 Å². The van der Waals surface area contributed by atoms with E-state index < -0.39 is 5.97 Å². The van der Waals surface area contributed by atoms with Gasteiger partial charge in [0, 0.05) is 5.69 Å². The fourth-order valence-corrected chi connectivity index (χ4v) is 2.00. The molecule has 0 atom stereocenters. The second kappa shape index (κ2) is 7.60. The molecule has 2 rings (SSSR count). The first-order valence-electron chi connectivity index (χ1n) is 6.67. The quantitative estimate of drug-likeness (QED) is 0.822. The maximum Gasteiger partial charge on any atom is 0.337 e. The molecule has 0 unspecified atom stereocenters. The highest BCUT2D eigenvalue weighted by molar-refractivity contribution is 6.33. The third kappa shape index (κ3) is 4.69. The Labute approximate surface area is 137 Å². The third-order valence-electron chi connectivity index (χ3n) is 2.95. The van der Waals surface area contributed by atoms with Crippen LogP contribution in [0.3, 0.4) is 0 Å². The lowest BCUT2D eigenvalue weighted by atomic mass is 10.2. The highest BCUT2D eigenvalue weighted by atomic mass is 35.5. The molecule has 2 N–H and O–H groups in total. The Bertz CT molecular complexity index is 720. The fraction of sp³-hybridized carbons (Fsp3) is 0.125. The molecule has 0 aromatic heterocycles. The molecule has 5 nitrogen and oxygen atoms in total. The third-order valence-corrected chi connectivity index (χ3v) is 3.28. The monoisotopic (exact) mass is 336 g/mol. The molecule has 0 radical (unpaired) electrons. The van der Waals surface area contributed by atoms with Gasteiger partial charge in [0.2, 0.25) is 5.91 Å². The summed E-state index contributed by atoms with van der Waals surface area (Å²) in [5.41, 5.74) is 1.23. The van der Waals surface area contributed by atoms with Gasteiger partial charge in [-0.05, 0) is 42.5 Å². The van der Waals surface area contributed by atoms with Gasteiger partial charge in [0.1, 0.15) is 5.82 Å². The Hall–Kier alpha value is -2.60. The van der Waals surface area contributed by atoms with E-state index in [4.69, 9.17) is 11.6 Å². The zero-order valence-electron chi connectivity index (χ0n) is 12.2. The first kappa shape index (κ1) is 16.8. The molecule has 0 fully saturated rings. The smallest absolute Gasteiger partial charge is 0.337 e. The molecule has 0 aliphatic carbocycles. The highest BCUT2D eigenvalue weighted by Gasteiger charge is 2.10. The van der Waals surface area contributed by atoms with E-state index in [1.807, 2.05) is 0 Å². The number of hydrogen-bond acceptors (Lipinski definition) is 4. The van der Waals surface area contributed by atoms with Crippen molar-refractivity contribution in [2.75, 3.05) is 24.3 Å². The SMILES string of the molecule is COC(=O)c1ccc(Cl)c(NCC(=O)Nc2ccc(F)cc2)c1. The molecule has 0 saturated heterocycles. The van der Waals surface area contributed by atoms with Crippen molar-refractivity contribution >= 4 is 34.9 Å². The van der Waals surface area contributed by atoms with Crippen molar-refractivity contribution in [3.8, 4) is 0 Å². The molecule has 23 heavy (non-hydrogen) atoms. The average Bonchev–Trinajstić information content (AvgIpc) is 2.55. The van der Waals surface area contributed by atoms with Gasteiger partial charge in [0.25, 0.3) is 0 Å². The Kier molecular flexibility index (Phi) is 5.54. The number of amides is 1. The summed E-state index contributed by atoms with van der Waals surface area (Å²) in [6.07, 6.45) is 0. The zero-order valence-corrected chi connectivity index (χ0v) is 13.0. The minimum atomic E-state index is -0.500. The molecule has 2 aromatic carbocycles. The molecule has 0 aliphatic rings. The van der Waals surface area contributed by atoms with Crippen LogP contribution in [0.25, 0.3) is 0 Å². The van der Waals surface area contributed by atoms with E-state index in [1.54, 1.807) is 0 Å². The molecule has 0 heterocycles. The molecule has 0 aliphatic heterocycles. The van der Waals surface area contributed by atoms with E-state index in [1.165, 1.54) is 49.6 Å². The van der Waals surface area contributed by atoms with E-state index >= 15 is 0 Å². The molecule has 0 saturated carbocycles. The Morgan fingerprint density at radius 1 is 1.17 bits per heavy atom. The number of anilines is 2. The lowest BCUT2D eigenvalue weighted by Crippen LogP contribution is -2.22. The molecule has 0 spiro atoms.